The van der Waals surface area contributed by atoms with E-state index in [0.29, 0.717) is 41.8 Å². The fraction of sp³-hybridized carbons (Fsp3) is 0.333. The number of rotatable bonds is 4. The molecule has 0 spiro atoms. The number of fused-ring (bicyclic) bond motifs is 1. The predicted octanol–water partition coefficient (Wildman–Crippen LogP) is 2.13. The normalized spacial score (nSPS) is 14.5. The molecule has 0 saturated carbocycles. The third kappa shape index (κ3) is 3.17. The molecule has 1 aromatic carbocycles. The fourth-order valence-electron chi connectivity index (χ4n) is 2.31. The van der Waals surface area contributed by atoms with Gasteiger partial charge in [0.2, 0.25) is 0 Å². The lowest BCUT2D eigenvalue weighted by atomic mass is 10.1. The zero-order valence-electron chi connectivity index (χ0n) is 12.1. The zero-order valence-corrected chi connectivity index (χ0v) is 12.8. The molecule has 2 heterocycles. The minimum absolute atomic E-state index is 0.0475. The van der Waals surface area contributed by atoms with Gasteiger partial charge in [-0.25, -0.2) is 4.98 Å². The summed E-state index contributed by atoms with van der Waals surface area (Å²) in [5.74, 6) is 0.800. The largest absolute Gasteiger partial charge is 0.486 e. The van der Waals surface area contributed by atoms with Crippen LogP contribution in [0.15, 0.2) is 30.9 Å². The van der Waals surface area contributed by atoms with E-state index in [1.807, 2.05) is 17.7 Å². The number of carbonyl (C=O) groups excluding carboxylic acids is 1. The number of aromatic nitrogens is 2. The van der Waals surface area contributed by atoms with Gasteiger partial charge in [0.25, 0.3) is 5.91 Å². The molecule has 1 aromatic heterocycles. The van der Waals surface area contributed by atoms with Crippen LogP contribution in [0.1, 0.15) is 17.3 Å². The van der Waals surface area contributed by atoms with Crippen molar-refractivity contribution in [3.8, 4) is 11.5 Å². The molecule has 3 rings (SSSR count). The van der Waals surface area contributed by atoms with Crippen molar-refractivity contribution in [1.29, 1.82) is 0 Å². The van der Waals surface area contributed by atoms with E-state index in [9.17, 15) is 4.79 Å². The topological polar surface area (TPSA) is 65.4 Å². The van der Waals surface area contributed by atoms with E-state index < -0.39 is 0 Å². The average molecular weight is 322 g/mol. The molecule has 1 aliphatic heterocycles. The van der Waals surface area contributed by atoms with Gasteiger partial charge >= 0.3 is 0 Å². The molecule has 2 aromatic rings. The fourth-order valence-corrected chi connectivity index (χ4v) is 2.57. The number of ether oxygens (including phenoxy) is 2. The van der Waals surface area contributed by atoms with Crippen molar-refractivity contribution in [1.82, 2.24) is 14.9 Å². The van der Waals surface area contributed by atoms with Crippen LogP contribution in [0.25, 0.3) is 0 Å². The molecule has 0 bridgehead atoms. The molecule has 22 heavy (non-hydrogen) atoms. The maximum Gasteiger partial charge on any atom is 0.251 e. The first-order chi connectivity index (χ1) is 10.6. The second-order valence-corrected chi connectivity index (χ2v) is 5.52. The summed E-state index contributed by atoms with van der Waals surface area (Å²) in [6.45, 7) is 3.48. The summed E-state index contributed by atoms with van der Waals surface area (Å²) in [4.78, 5) is 16.3. The highest BCUT2D eigenvalue weighted by Gasteiger charge is 2.20. The maximum atomic E-state index is 12.3. The van der Waals surface area contributed by atoms with Crippen LogP contribution < -0.4 is 14.8 Å². The third-order valence-corrected chi connectivity index (χ3v) is 3.56. The van der Waals surface area contributed by atoms with Crippen LogP contribution in [-0.4, -0.2) is 34.7 Å². The molecule has 1 amide bonds. The number of benzene rings is 1. The number of halogens is 1. The molecule has 0 saturated heterocycles. The van der Waals surface area contributed by atoms with Crippen molar-refractivity contribution in [3.63, 3.8) is 0 Å². The standard InChI is InChI=1S/C15H16ClN3O3/c1-10(8-19-3-2-17-9-19)18-15(20)11-6-12(16)14-13(7-11)21-4-5-22-14/h2-3,6-7,9-10H,4-5,8H2,1H3,(H,18,20)/t10-/m1/s1. The minimum Gasteiger partial charge on any atom is -0.486 e. The molecule has 1 aliphatic rings. The van der Waals surface area contributed by atoms with Crippen LogP contribution in [0.4, 0.5) is 0 Å². The lowest BCUT2D eigenvalue weighted by molar-refractivity contribution is 0.0935. The minimum atomic E-state index is -0.202. The molecule has 6 nitrogen and oxygen atoms in total. The van der Waals surface area contributed by atoms with E-state index in [1.165, 1.54) is 0 Å². The first-order valence-electron chi connectivity index (χ1n) is 6.99. The van der Waals surface area contributed by atoms with Crippen LogP contribution in [0.5, 0.6) is 11.5 Å². The van der Waals surface area contributed by atoms with E-state index in [2.05, 4.69) is 10.3 Å². The Balaban J connectivity index is 1.70. The van der Waals surface area contributed by atoms with Gasteiger partial charge in [-0.15, -0.1) is 0 Å². The highest BCUT2D eigenvalue weighted by molar-refractivity contribution is 6.32. The average Bonchev–Trinajstić information content (AvgIpc) is 3.00. The highest BCUT2D eigenvalue weighted by Crippen LogP contribution is 2.38. The van der Waals surface area contributed by atoms with Gasteiger partial charge in [-0.3, -0.25) is 4.79 Å². The SMILES string of the molecule is C[C@H](Cn1ccnc1)NC(=O)c1cc(Cl)c2c(c1)OCCO2. The summed E-state index contributed by atoms with van der Waals surface area (Å²) in [5.41, 5.74) is 0.451. The van der Waals surface area contributed by atoms with Crippen LogP contribution in [0, 0.1) is 0 Å². The number of hydrogen-bond donors (Lipinski definition) is 1. The Morgan fingerprint density at radius 1 is 1.45 bits per heavy atom. The molecule has 0 radical (unpaired) electrons. The number of imidazole rings is 1. The quantitative estimate of drug-likeness (QED) is 0.937. The predicted molar refractivity (Wildman–Crippen MR) is 81.6 cm³/mol. The molecule has 0 fully saturated rings. The van der Waals surface area contributed by atoms with Gasteiger partial charge in [0.05, 0.1) is 11.3 Å². The van der Waals surface area contributed by atoms with Gasteiger partial charge in [0.15, 0.2) is 11.5 Å². The van der Waals surface area contributed by atoms with Crippen LogP contribution in [-0.2, 0) is 6.54 Å². The van der Waals surface area contributed by atoms with Crippen molar-refractivity contribution < 1.29 is 14.3 Å². The molecule has 1 N–H and O–H groups in total. The van der Waals surface area contributed by atoms with Crippen molar-refractivity contribution in [2.75, 3.05) is 13.2 Å². The molecular formula is C15H16ClN3O3. The van der Waals surface area contributed by atoms with Gasteiger partial charge < -0.3 is 19.4 Å². The third-order valence-electron chi connectivity index (χ3n) is 3.28. The molecule has 1 atom stereocenters. The Bertz CT molecular complexity index is 673. The summed E-state index contributed by atoms with van der Waals surface area (Å²) in [6.07, 6.45) is 5.27. The Morgan fingerprint density at radius 2 is 2.27 bits per heavy atom. The number of nitrogens with zero attached hydrogens (tertiary/aromatic N) is 2. The Morgan fingerprint density at radius 3 is 3.05 bits per heavy atom. The van der Waals surface area contributed by atoms with Gasteiger partial charge in [0, 0.05) is 30.5 Å². The van der Waals surface area contributed by atoms with E-state index >= 15 is 0 Å². The van der Waals surface area contributed by atoms with E-state index in [4.69, 9.17) is 21.1 Å². The first kappa shape index (κ1) is 14.7. The van der Waals surface area contributed by atoms with Gasteiger partial charge in [0.1, 0.15) is 13.2 Å². The van der Waals surface area contributed by atoms with Crippen LogP contribution in [0.3, 0.4) is 0 Å². The smallest absolute Gasteiger partial charge is 0.251 e. The van der Waals surface area contributed by atoms with Gasteiger partial charge in [-0.05, 0) is 19.1 Å². The molecular weight excluding hydrogens is 306 g/mol. The van der Waals surface area contributed by atoms with E-state index in [0.717, 1.165) is 0 Å². The molecule has 0 aliphatic carbocycles. The van der Waals surface area contributed by atoms with Crippen molar-refractivity contribution >= 4 is 17.5 Å². The van der Waals surface area contributed by atoms with E-state index in [1.54, 1.807) is 24.7 Å². The molecule has 116 valence electrons. The molecule has 7 heteroatoms. The number of amides is 1. The lowest BCUT2D eigenvalue weighted by Crippen LogP contribution is -2.35. The summed E-state index contributed by atoms with van der Waals surface area (Å²) in [5, 5.41) is 3.31. The Kier molecular flexibility index (Phi) is 4.20. The van der Waals surface area contributed by atoms with Gasteiger partial charge in [-0.2, -0.15) is 0 Å². The van der Waals surface area contributed by atoms with Crippen molar-refractivity contribution in [2.45, 2.75) is 19.5 Å². The summed E-state index contributed by atoms with van der Waals surface area (Å²) >= 11 is 6.15. The van der Waals surface area contributed by atoms with Gasteiger partial charge in [-0.1, -0.05) is 11.6 Å². The second kappa shape index (κ2) is 6.27. The molecule has 0 unspecified atom stereocenters. The summed E-state index contributed by atoms with van der Waals surface area (Å²) < 4.78 is 12.8. The second-order valence-electron chi connectivity index (χ2n) is 5.12. The Hall–Kier alpha value is -2.21. The van der Waals surface area contributed by atoms with E-state index in [-0.39, 0.29) is 11.9 Å². The summed E-state index contributed by atoms with van der Waals surface area (Å²) in [7, 11) is 0. The van der Waals surface area contributed by atoms with Crippen LogP contribution >= 0.6 is 11.6 Å². The number of hydrogen-bond acceptors (Lipinski definition) is 4. The Labute approximate surface area is 133 Å². The number of carbonyl (C=O) groups is 1. The maximum absolute atomic E-state index is 12.3. The lowest BCUT2D eigenvalue weighted by Gasteiger charge is -2.20. The summed E-state index contributed by atoms with van der Waals surface area (Å²) in [6, 6.07) is 3.20. The number of nitrogens with one attached hydrogen (secondary N) is 1. The van der Waals surface area contributed by atoms with Crippen LogP contribution in [0.2, 0.25) is 5.02 Å². The monoisotopic (exact) mass is 321 g/mol. The highest BCUT2D eigenvalue weighted by atomic mass is 35.5. The van der Waals surface area contributed by atoms with Crippen molar-refractivity contribution in [3.05, 3.63) is 41.4 Å². The van der Waals surface area contributed by atoms with Crippen molar-refractivity contribution in [2.24, 2.45) is 0 Å². The first-order valence-corrected chi connectivity index (χ1v) is 7.37. The zero-order chi connectivity index (χ0) is 15.5.